The first-order chi connectivity index (χ1) is 21.3. The summed E-state index contributed by atoms with van der Waals surface area (Å²) in [6, 6.07) is 0. The summed E-state index contributed by atoms with van der Waals surface area (Å²) in [7, 11) is 1.87. The number of nitrogens with zero attached hydrogens (tertiary/aromatic N) is 2. The lowest BCUT2D eigenvalue weighted by Gasteiger charge is -2.43. The Morgan fingerprint density at radius 3 is 2.71 bits per heavy atom. The zero-order valence-corrected chi connectivity index (χ0v) is 27.1. The smallest absolute Gasteiger partial charge is 0.331 e. The number of imidazole rings is 1. The van der Waals surface area contributed by atoms with Gasteiger partial charge in [0.05, 0.1) is 31.3 Å². The van der Waals surface area contributed by atoms with E-state index in [9.17, 15) is 19.8 Å². The van der Waals surface area contributed by atoms with Crippen LogP contribution >= 0.6 is 0 Å². The zero-order chi connectivity index (χ0) is 32.5. The first kappa shape index (κ1) is 33.5. The Balaban J connectivity index is 1.40. The fourth-order valence-corrected chi connectivity index (χ4v) is 7.42. The van der Waals surface area contributed by atoms with Gasteiger partial charge >= 0.3 is 11.9 Å². The Morgan fingerprint density at radius 1 is 1.24 bits per heavy atom. The molecule has 11 atom stereocenters. The van der Waals surface area contributed by atoms with E-state index in [1.807, 2.05) is 36.9 Å². The normalized spacial score (nSPS) is 38.3. The van der Waals surface area contributed by atoms with Gasteiger partial charge in [0, 0.05) is 32.2 Å². The van der Waals surface area contributed by atoms with Gasteiger partial charge < -0.3 is 38.5 Å². The summed E-state index contributed by atoms with van der Waals surface area (Å²) < 4.78 is 32.0. The van der Waals surface area contributed by atoms with E-state index in [1.165, 1.54) is 18.6 Å². The number of hydrogen-bond donors (Lipinski definition) is 2. The van der Waals surface area contributed by atoms with E-state index in [-0.39, 0.29) is 37.1 Å². The molecule has 1 aliphatic carbocycles. The lowest BCUT2D eigenvalue weighted by atomic mass is 9.63. The second-order valence-corrected chi connectivity index (χ2v) is 13.6. The highest BCUT2D eigenvalue weighted by Crippen LogP contribution is 2.49. The summed E-state index contributed by atoms with van der Waals surface area (Å²) in [6.45, 7) is 9.95. The molecule has 0 unspecified atom stereocenters. The third kappa shape index (κ3) is 7.60. The number of allylic oxidation sites excluding steroid dienone is 2. The largest absolute Gasteiger partial charge is 0.456 e. The minimum Gasteiger partial charge on any atom is -0.456 e. The lowest BCUT2D eigenvalue weighted by Crippen LogP contribution is -2.55. The predicted molar refractivity (Wildman–Crippen MR) is 164 cm³/mol. The van der Waals surface area contributed by atoms with Crippen LogP contribution in [0, 0.1) is 29.6 Å². The van der Waals surface area contributed by atoms with E-state index in [4.69, 9.17) is 23.7 Å². The molecule has 0 aromatic carbocycles. The number of carbonyl (C=O) groups is 2. The monoisotopic (exact) mass is 628 g/mol. The molecule has 45 heavy (non-hydrogen) atoms. The van der Waals surface area contributed by atoms with Crippen LogP contribution in [0.4, 0.5) is 0 Å². The number of hydrogen-bond acceptors (Lipinski definition) is 10. The molecule has 0 radical (unpaired) electrons. The average Bonchev–Trinajstić information content (AvgIpc) is 3.60. The number of aromatic nitrogens is 2. The molecular weight excluding hydrogens is 580 g/mol. The lowest BCUT2D eigenvalue weighted by molar-refractivity contribution is -0.279. The molecule has 248 valence electrons. The Kier molecular flexibility index (Phi) is 10.3. The number of aliphatic hydroxyl groups is 2. The average molecular weight is 629 g/mol. The summed E-state index contributed by atoms with van der Waals surface area (Å²) in [5.41, 5.74) is 1.09. The molecule has 2 N–H and O–H groups in total. The maximum absolute atomic E-state index is 13.2. The number of fused-ring (bicyclic) bond motifs is 3. The van der Waals surface area contributed by atoms with Crippen LogP contribution in [-0.4, -0.2) is 87.3 Å². The summed E-state index contributed by atoms with van der Waals surface area (Å²) in [5, 5.41) is 20.7. The van der Waals surface area contributed by atoms with Crippen molar-refractivity contribution in [1.29, 1.82) is 0 Å². The van der Waals surface area contributed by atoms with Crippen molar-refractivity contribution < 1.29 is 43.5 Å². The number of aryl methyl sites for hydroxylation is 1. The van der Waals surface area contributed by atoms with Crippen molar-refractivity contribution in [2.24, 2.45) is 36.6 Å². The van der Waals surface area contributed by atoms with Crippen LogP contribution in [0.15, 0.2) is 42.4 Å². The van der Waals surface area contributed by atoms with Crippen LogP contribution in [0.5, 0.6) is 0 Å². The van der Waals surface area contributed by atoms with Crippen LogP contribution in [-0.2, 0) is 40.3 Å². The maximum Gasteiger partial charge on any atom is 0.331 e. The molecule has 11 heteroatoms. The molecule has 4 heterocycles. The standard InChI is InChI=1S/C34H48N2O9/c1-19(2)24-9-7-20(3)25-14-29(44-30(39)10-8-23-15-36(6)18-35-23)34(5)12-11-28(45-34)22(13-26(24)25)16-41-33-32(43-21(4)37)31(40)27(38)17-42-33/h7-8,10-12,15,18-19,22,24-29,31-33,38,40H,9,13-14,16-17H2,1-6H3/b10-8+/t22-,24-,25+,26-,27-,28-,29+,31+,32+,33-,34+/m1/s1. The molecule has 2 fully saturated rings. The van der Waals surface area contributed by atoms with Crippen molar-refractivity contribution in [2.45, 2.75) is 96.3 Å². The number of aliphatic hydroxyl groups excluding tert-OH is 2. The first-order valence-corrected chi connectivity index (χ1v) is 16.0. The number of rotatable bonds is 8. The number of carbonyl (C=O) groups excluding carboxylic acids is 2. The highest BCUT2D eigenvalue weighted by Gasteiger charge is 2.50. The maximum atomic E-state index is 13.2. The van der Waals surface area contributed by atoms with Gasteiger partial charge in [-0.2, -0.15) is 0 Å². The minimum atomic E-state index is -1.33. The van der Waals surface area contributed by atoms with Crippen molar-refractivity contribution in [3.63, 3.8) is 0 Å². The third-order valence-electron chi connectivity index (χ3n) is 9.95. The van der Waals surface area contributed by atoms with Gasteiger partial charge in [0.2, 0.25) is 0 Å². The molecule has 1 aromatic rings. The molecule has 0 saturated carbocycles. The molecule has 11 nitrogen and oxygen atoms in total. The second kappa shape index (κ2) is 13.9. The zero-order valence-electron chi connectivity index (χ0n) is 27.1. The fourth-order valence-electron chi connectivity index (χ4n) is 7.42. The highest BCUT2D eigenvalue weighted by atomic mass is 16.7. The molecule has 3 aliphatic heterocycles. The van der Waals surface area contributed by atoms with E-state index < -0.39 is 48.2 Å². The molecule has 4 aliphatic rings. The first-order valence-electron chi connectivity index (χ1n) is 16.0. The number of ether oxygens (including phenoxy) is 5. The Hall–Kier alpha value is -2.83. The van der Waals surface area contributed by atoms with Gasteiger partial charge in [-0.15, -0.1) is 0 Å². The minimum absolute atomic E-state index is 0.105. The van der Waals surface area contributed by atoms with Crippen LogP contribution < -0.4 is 0 Å². The van der Waals surface area contributed by atoms with Gasteiger partial charge in [-0.05, 0) is 62.9 Å². The van der Waals surface area contributed by atoms with E-state index >= 15 is 0 Å². The second-order valence-electron chi connectivity index (χ2n) is 13.6. The molecule has 1 aromatic heterocycles. The van der Waals surface area contributed by atoms with Crippen molar-refractivity contribution >= 4 is 18.0 Å². The van der Waals surface area contributed by atoms with Crippen LogP contribution in [0.2, 0.25) is 0 Å². The molecule has 2 saturated heterocycles. The van der Waals surface area contributed by atoms with Crippen molar-refractivity contribution in [2.75, 3.05) is 13.2 Å². The van der Waals surface area contributed by atoms with E-state index in [0.717, 1.165) is 12.8 Å². The quantitative estimate of drug-likeness (QED) is 0.250. The SMILES string of the molecule is CC(=O)O[C@@H]1[C@H](OC[C@H]2C[C@@H]3[C@@H](C(C)C)CC=C(C)[C@@H]3C[C@H](OC(=O)/C=C/c3cn(C)cn3)[C@]3(C)C=C[C@H]2O3)OC[C@@H](O)[C@@H]1O. The van der Waals surface area contributed by atoms with Gasteiger partial charge in [0.15, 0.2) is 12.4 Å². The van der Waals surface area contributed by atoms with Gasteiger partial charge in [-0.25, -0.2) is 9.78 Å². The fraction of sp³-hybridized carbons (Fsp3) is 0.676. The summed E-state index contributed by atoms with van der Waals surface area (Å²) in [5.74, 6) is 0.121. The summed E-state index contributed by atoms with van der Waals surface area (Å²) >= 11 is 0. The van der Waals surface area contributed by atoms with Crippen molar-refractivity contribution in [3.05, 3.63) is 48.1 Å². The third-order valence-corrected chi connectivity index (χ3v) is 9.95. The summed E-state index contributed by atoms with van der Waals surface area (Å²) in [6.07, 6.45) is 9.70. The molecule has 5 rings (SSSR count). The van der Waals surface area contributed by atoms with E-state index in [1.54, 1.807) is 12.4 Å². The molecule has 0 amide bonds. The topological polar surface area (TPSA) is 139 Å². The van der Waals surface area contributed by atoms with Gasteiger partial charge in [-0.1, -0.05) is 37.6 Å². The Labute approximate surface area is 265 Å². The Morgan fingerprint density at radius 2 is 2.02 bits per heavy atom. The van der Waals surface area contributed by atoms with Crippen molar-refractivity contribution in [3.8, 4) is 0 Å². The van der Waals surface area contributed by atoms with Crippen molar-refractivity contribution in [1.82, 2.24) is 9.55 Å². The molecule has 2 bridgehead atoms. The van der Waals surface area contributed by atoms with E-state index in [0.29, 0.717) is 24.0 Å². The van der Waals surface area contributed by atoms with Gasteiger partial charge in [0.1, 0.15) is 23.9 Å². The van der Waals surface area contributed by atoms with E-state index in [2.05, 4.69) is 31.8 Å². The van der Waals surface area contributed by atoms with Crippen LogP contribution in [0.25, 0.3) is 6.08 Å². The highest BCUT2D eigenvalue weighted by molar-refractivity contribution is 5.86. The molecule has 0 spiro atoms. The van der Waals surface area contributed by atoms with Gasteiger partial charge in [0.25, 0.3) is 0 Å². The summed E-state index contributed by atoms with van der Waals surface area (Å²) in [4.78, 5) is 29.2. The molecular formula is C34H48N2O9. The predicted octanol–water partition coefficient (Wildman–Crippen LogP) is 3.35. The van der Waals surface area contributed by atoms with Gasteiger partial charge in [-0.3, -0.25) is 4.79 Å². The Bertz CT molecular complexity index is 1300. The van der Waals surface area contributed by atoms with Crippen LogP contribution in [0.1, 0.15) is 59.6 Å². The number of esters is 2. The van der Waals surface area contributed by atoms with Crippen LogP contribution in [0.3, 0.4) is 0 Å².